The summed E-state index contributed by atoms with van der Waals surface area (Å²) in [5.41, 5.74) is 1.14. The number of rotatable bonds is 7. The van der Waals surface area contributed by atoms with Crippen molar-refractivity contribution in [2.75, 3.05) is 44.4 Å². The molecule has 3 aliphatic rings. The van der Waals surface area contributed by atoms with Gasteiger partial charge in [-0.2, -0.15) is 0 Å². The number of benzene rings is 2. The zero-order valence-electron chi connectivity index (χ0n) is 19.0. The molecule has 0 unspecified atom stereocenters. The summed E-state index contributed by atoms with van der Waals surface area (Å²) in [6.07, 6.45) is 5.22. The normalized spacial score (nSPS) is 23.6. The predicted octanol–water partition coefficient (Wildman–Crippen LogP) is 3.46. The summed E-state index contributed by atoms with van der Waals surface area (Å²) in [5.74, 6) is 2.41. The van der Waals surface area contributed by atoms with Gasteiger partial charge in [-0.1, -0.05) is 24.3 Å². The van der Waals surface area contributed by atoms with Crippen molar-refractivity contribution in [3.63, 3.8) is 0 Å². The Labute approximate surface area is 196 Å². The van der Waals surface area contributed by atoms with E-state index in [1.165, 1.54) is 6.42 Å². The fraction of sp³-hybridized carbons (Fsp3) is 0.520. The number of sulfonamides is 1. The first kappa shape index (κ1) is 22.5. The molecule has 8 heteroatoms. The average molecular weight is 472 g/mol. The molecular formula is C25H33N3O4S. The first-order valence-electron chi connectivity index (χ1n) is 12.0. The SMILES string of the molecule is O=S(=O)(NC1CCC(CCN2CCN(c3cccc4c3OCO4)CC2)CC1)c1ccccc1. The third kappa shape index (κ3) is 5.28. The summed E-state index contributed by atoms with van der Waals surface area (Å²) in [7, 11) is -3.42. The van der Waals surface area contributed by atoms with Crippen LogP contribution in [0.1, 0.15) is 32.1 Å². The van der Waals surface area contributed by atoms with E-state index in [-0.39, 0.29) is 6.04 Å². The van der Waals surface area contributed by atoms with E-state index >= 15 is 0 Å². The molecule has 2 aromatic carbocycles. The van der Waals surface area contributed by atoms with Gasteiger partial charge in [-0.15, -0.1) is 0 Å². The average Bonchev–Trinajstić information content (AvgIpc) is 3.34. The molecule has 178 valence electrons. The van der Waals surface area contributed by atoms with Gasteiger partial charge in [0, 0.05) is 32.2 Å². The number of anilines is 1. The van der Waals surface area contributed by atoms with Gasteiger partial charge in [0.05, 0.1) is 10.6 Å². The van der Waals surface area contributed by atoms with Gasteiger partial charge >= 0.3 is 0 Å². The van der Waals surface area contributed by atoms with Crippen molar-refractivity contribution in [2.45, 2.75) is 43.0 Å². The first-order chi connectivity index (χ1) is 16.1. The van der Waals surface area contributed by atoms with Crippen molar-refractivity contribution < 1.29 is 17.9 Å². The molecule has 2 fully saturated rings. The highest BCUT2D eigenvalue weighted by Gasteiger charge is 2.27. The lowest BCUT2D eigenvalue weighted by molar-refractivity contribution is 0.173. The van der Waals surface area contributed by atoms with Gasteiger partial charge in [0.2, 0.25) is 16.8 Å². The zero-order chi connectivity index (χ0) is 22.7. The van der Waals surface area contributed by atoms with Crippen molar-refractivity contribution in [1.82, 2.24) is 9.62 Å². The Morgan fingerprint density at radius 3 is 2.39 bits per heavy atom. The van der Waals surface area contributed by atoms with Crippen molar-refractivity contribution in [1.29, 1.82) is 0 Å². The van der Waals surface area contributed by atoms with E-state index in [0.717, 1.165) is 75.6 Å². The maximum atomic E-state index is 12.6. The molecule has 0 spiro atoms. The van der Waals surface area contributed by atoms with Crippen LogP contribution in [-0.4, -0.2) is 58.9 Å². The quantitative estimate of drug-likeness (QED) is 0.667. The fourth-order valence-electron chi connectivity index (χ4n) is 5.20. The summed E-state index contributed by atoms with van der Waals surface area (Å²) in [6, 6.07) is 14.8. The number of para-hydroxylation sites is 1. The van der Waals surface area contributed by atoms with Crippen molar-refractivity contribution >= 4 is 15.7 Å². The van der Waals surface area contributed by atoms with Crippen LogP contribution in [0.15, 0.2) is 53.4 Å². The van der Waals surface area contributed by atoms with E-state index in [2.05, 4.69) is 20.6 Å². The number of hydrogen-bond donors (Lipinski definition) is 1. The number of nitrogens with one attached hydrogen (secondary N) is 1. The van der Waals surface area contributed by atoms with Crippen LogP contribution >= 0.6 is 0 Å². The van der Waals surface area contributed by atoms with Crippen LogP contribution < -0.4 is 19.1 Å². The number of nitrogens with zero attached hydrogens (tertiary/aromatic N) is 2. The third-order valence-corrected chi connectivity index (χ3v) is 8.70. The highest BCUT2D eigenvalue weighted by atomic mass is 32.2. The molecule has 7 nitrogen and oxygen atoms in total. The van der Waals surface area contributed by atoms with Crippen LogP contribution in [-0.2, 0) is 10.0 Å². The number of ether oxygens (including phenoxy) is 2. The monoisotopic (exact) mass is 471 g/mol. The summed E-state index contributed by atoms with van der Waals surface area (Å²) >= 11 is 0. The Bertz CT molecular complexity index is 1030. The molecule has 2 aliphatic heterocycles. The van der Waals surface area contributed by atoms with E-state index < -0.39 is 10.0 Å². The molecule has 1 saturated heterocycles. The minimum absolute atomic E-state index is 0.0498. The van der Waals surface area contributed by atoms with E-state index in [0.29, 0.717) is 17.6 Å². The Morgan fingerprint density at radius 2 is 1.64 bits per heavy atom. The Hall–Kier alpha value is -2.29. The lowest BCUT2D eigenvalue weighted by atomic mass is 9.84. The maximum Gasteiger partial charge on any atom is 0.240 e. The fourth-order valence-corrected chi connectivity index (χ4v) is 6.52. The van der Waals surface area contributed by atoms with Gasteiger partial charge in [0.1, 0.15) is 0 Å². The predicted molar refractivity (Wildman–Crippen MR) is 128 cm³/mol. The van der Waals surface area contributed by atoms with Gasteiger partial charge in [-0.3, -0.25) is 4.90 Å². The Kier molecular flexibility index (Phi) is 6.76. The standard InChI is InChI=1S/C25H33N3O4S/c29-33(30,22-5-2-1-3-6-22)26-21-11-9-20(10-12-21)13-14-27-15-17-28(18-16-27)23-7-4-8-24-25(23)32-19-31-24/h1-8,20-21,26H,9-19H2. The number of hydrogen-bond acceptors (Lipinski definition) is 6. The minimum Gasteiger partial charge on any atom is -0.454 e. The topological polar surface area (TPSA) is 71.1 Å². The van der Waals surface area contributed by atoms with Gasteiger partial charge in [0.25, 0.3) is 0 Å². The molecule has 5 rings (SSSR count). The molecule has 0 amide bonds. The van der Waals surface area contributed by atoms with Crippen molar-refractivity contribution in [3.05, 3.63) is 48.5 Å². The van der Waals surface area contributed by atoms with Crippen LogP contribution in [0, 0.1) is 5.92 Å². The second kappa shape index (κ2) is 9.91. The molecule has 2 aromatic rings. The smallest absolute Gasteiger partial charge is 0.240 e. The van der Waals surface area contributed by atoms with Crippen LogP contribution in [0.2, 0.25) is 0 Å². The van der Waals surface area contributed by atoms with Crippen LogP contribution in [0.25, 0.3) is 0 Å². The lowest BCUT2D eigenvalue weighted by Gasteiger charge is -2.37. The molecular weight excluding hydrogens is 438 g/mol. The molecule has 0 radical (unpaired) electrons. The van der Waals surface area contributed by atoms with Gasteiger partial charge in [-0.05, 0) is 68.8 Å². The van der Waals surface area contributed by atoms with Crippen molar-refractivity contribution in [3.8, 4) is 11.5 Å². The van der Waals surface area contributed by atoms with Crippen molar-refractivity contribution in [2.24, 2.45) is 5.92 Å². The molecule has 0 atom stereocenters. The van der Waals surface area contributed by atoms with E-state index in [9.17, 15) is 8.42 Å². The summed E-state index contributed by atoms with van der Waals surface area (Å²) in [6.45, 7) is 5.52. The number of piperazine rings is 1. The Morgan fingerprint density at radius 1 is 0.879 bits per heavy atom. The van der Waals surface area contributed by atoms with Crippen LogP contribution in [0.5, 0.6) is 11.5 Å². The molecule has 1 saturated carbocycles. The summed E-state index contributed by atoms with van der Waals surface area (Å²) in [4.78, 5) is 5.31. The summed E-state index contributed by atoms with van der Waals surface area (Å²) < 4.78 is 39.2. The van der Waals surface area contributed by atoms with Gasteiger partial charge < -0.3 is 14.4 Å². The molecule has 33 heavy (non-hydrogen) atoms. The highest BCUT2D eigenvalue weighted by molar-refractivity contribution is 7.89. The van der Waals surface area contributed by atoms with E-state index in [4.69, 9.17) is 9.47 Å². The molecule has 1 aliphatic carbocycles. The van der Waals surface area contributed by atoms with Gasteiger partial charge in [0.15, 0.2) is 11.5 Å². The van der Waals surface area contributed by atoms with E-state index in [1.807, 2.05) is 18.2 Å². The lowest BCUT2D eigenvalue weighted by Crippen LogP contribution is -2.47. The minimum atomic E-state index is -3.42. The molecule has 0 aromatic heterocycles. The summed E-state index contributed by atoms with van der Waals surface area (Å²) in [5, 5.41) is 0. The third-order valence-electron chi connectivity index (χ3n) is 7.16. The largest absolute Gasteiger partial charge is 0.454 e. The molecule has 1 N–H and O–H groups in total. The van der Waals surface area contributed by atoms with E-state index in [1.54, 1.807) is 24.3 Å². The van der Waals surface area contributed by atoms with Crippen LogP contribution in [0.3, 0.4) is 0 Å². The highest BCUT2D eigenvalue weighted by Crippen LogP contribution is 2.41. The number of fused-ring (bicyclic) bond motifs is 1. The zero-order valence-corrected chi connectivity index (χ0v) is 19.8. The molecule has 2 heterocycles. The first-order valence-corrected chi connectivity index (χ1v) is 13.5. The molecule has 0 bridgehead atoms. The maximum absolute atomic E-state index is 12.6. The van der Waals surface area contributed by atoms with Crippen LogP contribution in [0.4, 0.5) is 5.69 Å². The second-order valence-corrected chi connectivity index (χ2v) is 11.0. The second-order valence-electron chi connectivity index (χ2n) is 9.28. The Balaban J connectivity index is 1.04. The van der Waals surface area contributed by atoms with Gasteiger partial charge in [-0.25, -0.2) is 13.1 Å².